The highest BCUT2D eigenvalue weighted by Crippen LogP contribution is 2.17. The lowest BCUT2D eigenvalue weighted by Gasteiger charge is -2.24. The molecule has 0 rings (SSSR count). The van der Waals surface area contributed by atoms with E-state index in [0.717, 1.165) is 24.8 Å². The van der Waals surface area contributed by atoms with Crippen molar-refractivity contribution in [2.24, 2.45) is 5.92 Å². The molecule has 1 atom stereocenters. The van der Waals surface area contributed by atoms with Gasteiger partial charge in [0.15, 0.2) is 0 Å². The molecule has 0 aliphatic heterocycles. The summed E-state index contributed by atoms with van der Waals surface area (Å²) < 4.78 is 0. The number of nitriles is 1. The molecule has 0 aliphatic rings. The maximum absolute atomic E-state index is 9.82. The number of aliphatic hydroxyl groups is 2. The molecule has 23 heavy (non-hydrogen) atoms. The van der Waals surface area contributed by atoms with Crippen LogP contribution in [0.1, 0.15) is 67.2 Å². The second-order valence-corrected chi connectivity index (χ2v) is 7.20. The molecule has 0 radical (unpaired) electrons. The fraction of sp³-hybridized carbons (Fsp3) is 0.650. The van der Waals surface area contributed by atoms with Crippen LogP contribution in [0, 0.1) is 17.2 Å². The van der Waals surface area contributed by atoms with Crippen molar-refractivity contribution in [3.63, 3.8) is 0 Å². The zero-order valence-corrected chi connectivity index (χ0v) is 15.6. The maximum atomic E-state index is 9.82. The van der Waals surface area contributed by atoms with Crippen LogP contribution in [0.4, 0.5) is 0 Å². The number of nitrogens with zero attached hydrogens (tertiary/aromatic N) is 1. The van der Waals surface area contributed by atoms with Gasteiger partial charge in [0.25, 0.3) is 0 Å². The molecular formula is C20H33NO2. The molecular weight excluding hydrogens is 286 g/mol. The minimum atomic E-state index is -1.04. The van der Waals surface area contributed by atoms with Gasteiger partial charge in [0.05, 0.1) is 17.8 Å². The first kappa shape index (κ1) is 21.6. The molecule has 0 heterocycles. The molecule has 3 heteroatoms. The van der Waals surface area contributed by atoms with Crippen molar-refractivity contribution < 1.29 is 10.2 Å². The zero-order chi connectivity index (χ0) is 18.0. The van der Waals surface area contributed by atoms with Crippen LogP contribution in [-0.2, 0) is 0 Å². The first-order valence-corrected chi connectivity index (χ1v) is 8.41. The number of aliphatic hydroxyl groups excluding tert-OH is 1. The van der Waals surface area contributed by atoms with Gasteiger partial charge in [-0.3, -0.25) is 0 Å². The van der Waals surface area contributed by atoms with Gasteiger partial charge in [0.2, 0.25) is 0 Å². The van der Waals surface area contributed by atoms with Crippen LogP contribution in [0.5, 0.6) is 0 Å². The summed E-state index contributed by atoms with van der Waals surface area (Å²) in [5.74, 6) is 0.258. The number of hydrogen-bond acceptors (Lipinski definition) is 3. The number of allylic oxidation sites excluding steroid dienone is 6. The van der Waals surface area contributed by atoms with Gasteiger partial charge in [-0.25, -0.2) is 0 Å². The van der Waals surface area contributed by atoms with Crippen LogP contribution in [0.2, 0.25) is 0 Å². The van der Waals surface area contributed by atoms with E-state index in [2.05, 4.69) is 26.0 Å². The topological polar surface area (TPSA) is 64.2 Å². The van der Waals surface area contributed by atoms with Gasteiger partial charge in [-0.1, -0.05) is 37.1 Å². The van der Waals surface area contributed by atoms with Gasteiger partial charge in [0, 0.05) is 5.57 Å². The lowest BCUT2D eigenvalue weighted by atomic mass is 9.95. The summed E-state index contributed by atoms with van der Waals surface area (Å²) in [6.07, 6.45) is 8.70. The number of rotatable bonds is 9. The van der Waals surface area contributed by atoms with Crippen molar-refractivity contribution in [3.8, 4) is 6.07 Å². The third-order valence-corrected chi connectivity index (χ3v) is 3.96. The summed E-state index contributed by atoms with van der Waals surface area (Å²) in [4.78, 5) is 0. The highest BCUT2D eigenvalue weighted by molar-refractivity contribution is 5.28. The smallest absolute Gasteiger partial charge is 0.0949 e. The molecule has 0 saturated carbocycles. The van der Waals surface area contributed by atoms with Gasteiger partial charge in [-0.2, -0.15) is 5.26 Å². The van der Waals surface area contributed by atoms with Crippen LogP contribution < -0.4 is 0 Å². The molecule has 0 aliphatic carbocycles. The lowest BCUT2D eigenvalue weighted by molar-refractivity contribution is -0.0509. The van der Waals surface area contributed by atoms with E-state index in [0.29, 0.717) is 6.42 Å². The Morgan fingerprint density at radius 2 is 1.74 bits per heavy atom. The van der Waals surface area contributed by atoms with E-state index in [1.54, 1.807) is 13.8 Å². The summed E-state index contributed by atoms with van der Waals surface area (Å²) >= 11 is 0. The SMILES string of the molecule is C/C(=C\C=C(/C#N)C(C)C)CC/C=C(\C)CC[C@@H](O)C(C)(C)O. The third-order valence-electron chi connectivity index (χ3n) is 3.96. The molecule has 0 aromatic carbocycles. The summed E-state index contributed by atoms with van der Waals surface area (Å²) in [5.41, 5.74) is 2.24. The fourth-order valence-electron chi connectivity index (χ4n) is 2.04. The van der Waals surface area contributed by atoms with Gasteiger partial charge in [-0.05, 0) is 65.4 Å². The first-order chi connectivity index (χ1) is 10.6. The second kappa shape index (κ2) is 10.4. The molecule has 0 amide bonds. The largest absolute Gasteiger partial charge is 0.390 e. The molecule has 0 bridgehead atoms. The number of hydrogen-bond donors (Lipinski definition) is 2. The van der Waals surface area contributed by atoms with E-state index in [-0.39, 0.29) is 5.92 Å². The van der Waals surface area contributed by atoms with E-state index in [9.17, 15) is 10.2 Å². The minimum Gasteiger partial charge on any atom is -0.390 e. The van der Waals surface area contributed by atoms with Crippen molar-refractivity contribution in [2.45, 2.75) is 78.9 Å². The molecule has 3 nitrogen and oxygen atoms in total. The monoisotopic (exact) mass is 319 g/mol. The maximum Gasteiger partial charge on any atom is 0.0949 e. The molecule has 130 valence electrons. The quantitative estimate of drug-likeness (QED) is 0.368. The van der Waals surface area contributed by atoms with Crippen molar-refractivity contribution in [3.05, 3.63) is 34.9 Å². The molecule has 2 N–H and O–H groups in total. The molecule has 0 aromatic heterocycles. The van der Waals surface area contributed by atoms with Crippen LogP contribution in [-0.4, -0.2) is 21.9 Å². The Labute approximate surface area is 142 Å². The first-order valence-electron chi connectivity index (χ1n) is 8.41. The fourth-order valence-corrected chi connectivity index (χ4v) is 2.04. The van der Waals surface area contributed by atoms with Crippen LogP contribution >= 0.6 is 0 Å². The highest BCUT2D eigenvalue weighted by Gasteiger charge is 2.23. The Hall–Kier alpha value is -1.37. The summed E-state index contributed by atoms with van der Waals surface area (Å²) in [5, 5.41) is 28.5. The van der Waals surface area contributed by atoms with E-state index < -0.39 is 11.7 Å². The Kier molecular flexibility index (Phi) is 9.79. The molecule has 0 saturated heterocycles. The average molecular weight is 319 g/mol. The van der Waals surface area contributed by atoms with Crippen molar-refractivity contribution in [1.82, 2.24) is 0 Å². The molecule has 0 spiro atoms. The highest BCUT2D eigenvalue weighted by atomic mass is 16.3. The van der Waals surface area contributed by atoms with E-state index >= 15 is 0 Å². The van der Waals surface area contributed by atoms with Gasteiger partial charge < -0.3 is 10.2 Å². The third kappa shape index (κ3) is 10.1. The molecule has 0 unspecified atom stereocenters. The van der Waals surface area contributed by atoms with Gasteiger partial charge >= 0.3 is 0 Å². The van der Waals surface area contributed by atoms with E-state index in [1.807, 2.05) is 26.0 Å². The Morgan fingerprint density at radius 3 is 2.22 bits per heavy atom. The molecule has 0 aromatic rings. The van der Waals surface area contributed by atoms with Crippen molar-refractivity contribution >= 4 is 0 Å². The average Bonchev–Trinajstić information content (AvgIpc) is 2.43. The second-order valence-electron chi connectivity index (χ2n) is 7.20. The Balaban J connectivity index is 4.34. The summed E-state index contributed by atoms with van der Waals surface area (Å²) in [6, 6.07) is 2.23. The van der Waals surface area contributed by atoms with Gasteiger partial charge in [0.1, 0.15) is 0 Å². The predicted octanol–water partition coefficient (Wildman–Crippen LogP) is 4.68. The van der Waals surface area contributed by atoms with Crippen molar-refractivity contribution in [1.29, 1.82) is 5.26 Å². The van der Waals surface area contributed by atoms with Crippen LogP contribution in [0.15, 0.2) is 34.9 Å². The van der Waals surface area contributed by atoms with Crippen molar-refractivity contribution in [2.75, 3.05) is 0 Å². The van der Waals surface area contributed by atoms with E-state index in [1.165, 1.54) is 11.1 Å². The normalized spacial score (nSPS) is 15.7. The van der Waals surface area contributed by atoms with Crippen LogP contribution in [0.25, 0.3) is 0 Å². The Bertz CT molecular complexity index is 485. The van der Waals surface area contributed by atoms with Crippen LogP contribution in [0.3, 0.4) is 0 Å². The predicted molar refractivity (Wildman–Crippen MR) is 96.8 cm³/mol. The summed E-state index contributed by atoms with van der Waals surface area (Å²) in [6.45, 7) is 11.4. The Morgan fingerprint density at radius 1 is 1.13 bits per heavy atom. The summed E-state index contributed by atoms with van der Waals surface area (Å²) in [7, 11) is 0. The molecule has 0 fully saturated rings. The van der Waals surface area contributed by atoms with Gasteiger partial charge in [-0.15, -0.1) is 0 Å². The zero-order valence-electron chi connectivity index (χ0n) is 15.6. The lowest BCUT2D eigenvalue weighted by Crippen LogP contribution is -2.35. The standard InChI is InChI=1S/C20H33NO2/c1-15(2)18(14-21)12-10-16(3)8-7-9-17(4)11-13-19(22)20(5,6)23/h9-10,12,15,19,22-23H,7-8,11,13H2,1-6H3/b16-10+,17-9+,18-12+/t19-/m1/s1. The van der Waals surface area contributed by atoms with E-state index in [4.69, 9.17) is 5.26 Å². The minimum absolute atomic E-state index is 0.258.